The molecule has 0 aliphatic heterocycles. The minimum absolute atomic E-state index is 0.527. The molecule has 0 fully saturated rings. The van der Waals surface area contributed by atoms with Gasteiger partial charge in [0.1, 0.15) is 10.9 Å². The number of nitrogens with one attached hydrogen (secondary N) is 1. The van der Waals surface area contributed by atoms with Gasteiger partial charge in [-0.15, -0.1) is 11.3 Å². The standard InChI is InChI=1S/C16H13N5S/c17-6-5-11-3-1-2-4-15-14(11)9-19-16(21-15)20-12-7-13(8-18)22-10-12/h5,7,9-10H,1-4H2,(H,19,20,21)/b11-5-. The lowest BCUT2D eigenvalue weighted by molar-refractivity contribution is 0.758. The summed E-state index contributed by atoms with van der Waals surface area (Å²) in [6, 6.07) is 6.00. The minimum atomic E-state index is 0.527. The Morgan fingerprint density at radius 2 is 2.14 bits per heavy atom. The maximum atomic E-state index is 8.91. The molecule has 1 aliphatic carbocycles. The number of aryl methyl sites for hydroxylation is 1. The van der Waals surface area contributed by atoms with Crippen molar-refractivity contribution in [1.29, 1.82) is 10.5 Å². The zero-order valence-electron chi connectivity index (χ0n) is 11.8. The van der Waals surface area contributed by atoms with Crippen molar-refractivity contribution in [2.24, 2.45) is 0 Å². The normalized spacial score (nSPS) is 15.5. The summed E-state index contributed by atoms with van der Waals surface area (Å²) >= 11 is 1.38. The van der Waals surface area contributed by atoms with E-state index in [1.54, 1.807) is 18.3 Å². The fourth-order valence-corrected chi connectivity index (χ4v) is 3.12. The number of aromatic nitrogens is 2. The molecule has 2 aromatic heterocycles. The first-order valence-electron chi connectivity index (χ1n) is 7.01. The van der Waals surface area contributed by atoms with Crippen LogP contribution in [0.1, 0.15) is 35.4 Å². The Kier molecular flexibility index (Phi) is 4.13. The van der Waals surface area contributed by atoms with E-state index in [-0.39, 0.29) is 0 Å². The van der Waals surface area contributed by atoms with Gasteiger partial charge in [-0.05, 0) is 37.3 Å². The van der Waals surface area contributed by atoms with E-state index in [2.05, 4.69) is 27.4 Å². The molecule has 0 amide bonds. The third-order valence-corrected chi connectivity index (χ3v) is 4.36. The number of nitrogens with zero attached hydrogens (tertiary/aromatic N) is 4. The highest BCUT2D eigenvalue weighted by atomic mass is 32.1. The second-order valence-electron chi connectivity index (χ2n) is 5.00. The second-order valence-corrected chi connectivity index (χ2v) is 5.91. The largest absolute Gasteiger partial charge is 0.323 e. The molecule has 22 heavy (non-hydrogen) atoms. The summed E-state index contributed by atoms with van der Waals surface area (Å²) in [6.45, 7) is 0. The van der Waals surface area contributed by atoms with Crippen LogP contribution in [0.25, 0.3) is 5.57 Å². The van der Waals surface area contributed by atoms with E-state index >= 15 is 0 Å². The van der Waals surface area contributed by atoms with Crippen LogP contribution in [0.4, 0.5) is 11.6 Å². The van der Waals surface area contributed by atoms with E-state index in [0.29, 0.717) is 10.8 Å². The summed E-state index contributed by atoms with van der Waals surface area (Å²) in [5, 5.41) is 22.8. The molecule has 1 aliphatic rings. The van der Waals surface area contributed by atoms with Crippen molar-refractivity contribution in [2.75, 3.05) is 5.32 Å². The van der Waals surface area contributed by atoms with Crippen LogP contribution >= 0.6 is 11.3 Å². The van der Waals surface area contributed by atoms with Gasteiger partial charge in [-0.1, -0.05) is 0 Å². The van der Waals surface area contributed by atoms with Crippen molar-refractivity contribution in [1.82, 2.24) is 9.97 Å². The molecule has 0 aromatic carbocycles. The summed E-state index contributed by atoms with van der Waals surface area (Å²) in [7, 11) is 0. The summed E-state index contributed by atoms with van der Waals surface area (Å²) in [4.78, 5) is 9.58. The Morgan fingerprint density at radius 3 is 2.91 bits per heavy atom. The molecular formula is C16H13N5S. The lowest BCUT2D eigenvalue weighted by Gasteiger charge is -2.09. The molecule has 5 nitrogen and oxygen atoms in total. The average molecular weight is 307 g/mol. The predicted molar refractivity (Wildman–Crippen MR) is 85.5 cm³/mol. The number of nitriles is 2. The highest BCUT2D eigenvalue weighted by Crippen LogP contribution is 2.29. The fraction of sp³-hybridized carbons (Fsp3) is 0.250. The second kappa shape index (κ2) is 6.38. The summed E-state index contributed by atoms with van der Waals surface area (Å²) in [5.41, 5.74) is 3.80. The molecule has 0 unspecified atom stereocenters. The van der Waals surface area contributed by atoms with Gasteiger partial charge in [-0.25, -0.2) is 9.97 Å². The molecule has 108 valence electrons. The van der Waals surface area contributed by atoms with Gasteiger partial charge in [0.2, 0.25) is 5.95 Å². The quantitative estimate of drug-likeness (QED) is 0.674. The van der Waals surface area contributed by atoms with Crippen LogP contribution in [-0.4, -0.2) is 9.97 Å². The van der Waals surface area contributed by atoms with E-state index in [1.165, 1.54) is 11.3 Å². The van der Waals surface area contributed by atoms with Crippen LogP contribution in [0, 0.1) is 22.7 Å². The number of rotatable bonds is 2. The summed E-state index contributed by atoms with van der Waals surface area (Å²) in [6.07, 6.45) is 7.29. The fourth-order valence-electron chi connectivity index (χ4n) is 2.50. The number of hydrogen-bond donors (Lipinski definition) is 1. The molecule has 1 N–H and O–H groups in total. The number of thiophene rings is 1. The van der Waals surface area contributed by atoms with Crippen molar-refractivity contribution in [3.8, 4) is 12.1 Å². The zero-order chi connectivity index (χ0) is 15.4. The third-order valence-electron chi connectivity index (χ3n) is 3.53. The van der Waals surface area contributed by atoms with E-state index < -0.39 is 0 Å². The van der Waals surface area contributed by atoms with E-state index in [9.17, 15) is 0 Å². The maximum Gasteiger partial charge on any atom is 0.227 e. The minimum Gasteiger partial charge on any atom is -0.323 e. The van der Waals surface area contributed by atoms with Gasteiger partial charge in [-0.3, -0.25) is 0 Å². The van der Waals surface area contributed by atoms with Gasteiger partial charge >= 0.3 is 0 Å². The van der Waals surface area contributed by atoms with E-state index in [4.69, 9.17) is 10.5 Å². The van der Waals surface area contributed by atoms with Gasteiger partial charge in [0.25, 0.3) is 0 Å². The van der Waals surface area contributed by atoms with Crippen LogP contribution in [-0.2, 0) is 6.42 Å². The van der Waals surface area contributed by atoms with Crippen molar-refractivity contribution < 1.29 is 0 Å². The molecule has 0 radical (unpaired) electrons. The number of anilines is 2. The Morgan fingerprint density at radius 1 is 1.27 bits per heavy atom. The molecule has 0 atom stereocenters. The molecule has 0 saturated heterocycles. The summed E-state index contributed by atoms with van der Waals surface area (Å²) < 4.78 is 0. The third kappa shape index (κ3) is 2.98. The highest BCUT2D eigenvalue weighted by Gasteiger charge is 2.15. The molecule has 2 aromatic rings. The maximum absolute atomic E-state index is 8.91. The first-order chi connectivity index (χ1) is 10.8. The van der Waals surface area contributed by atoms with Crippen molar-refractivity contribution in [3.05, 3.63) is 39.9 Å². The average Bonchev–Trinajstić information content (AvgIpc) is 2.89. The Balaban J connectivity index is 1.90. The number of hydrogen-bond acceptors (Lipinski definition) is 6. The predicted octanol–water partition coefficient (Wildman–Crippen LogP) is 3.79. The monoisotopic (exact) mass is 307 g/mol. The SMILES string of the molecule is N#C/C=C1/CCCCc2nc(Nc3csc(C#N)c3)ncc21. The molecule has 0 bridgehead atoms. The molecule has 0 saturated carbocycles. The van der Waals surface area contributed by atoms with Crippen LogP contribution in [0.2, 0.25) is 0 Å². The number of fused-ring (bicyclic) bond motifs is 1. The Bertz CT molecular complexity index is 807. The van der Waals surface area contributed by atoms with Gasteiger partial charge < -0.3 is 5.32 Å². The Labute approximate surface area is 132 Å². The summed E-state index contributed by atoms with van der Waals surface area (Å²) in [5.74, 6) is 0.527. The molecule has 2 heterocycles. The Hall–Kier alpha value is -2.70. The van der Waals surface area contributed by atoms with Gasteiger partial charge in [0.15, 0.2) is 0 Å². The smallest absolute Gasteiger partial charge is 0.227 e. The molecule has 3 rings (SSSR count). The lowest BCUT2D eigenvalue weighted by atomic mass is 10.0. The molecule has 6 heteroatoms. The molecular weight excluding hydrogens is 294 g/mol. The number of allylic oxidation sites excluding steroid dienone is 2. The lowest BCUT2D eigenvalue weighted by Crippen LogP contribution is -2.02. The van der Waals surface area contributed by atoms with Crippen molar-refractivity contribution in [2.45, 2.75) is 25.7 Å². The zero-order valence-corrected chi connectivity index (χ0v) is 12.7. The van der Waals surface area contributed by atoms with E-state index in [0.717, 1.165) is 48.2 Å². The van der Waals surface area contributed by atoms with E-state index in [1.807, 2.05) is 5.38 Å². The van der Waals surface area contributed by atoms with Crippen LogP contribution < -0.4 is 5.32 Å². The van der Waals surface area contributed by atoms with Crippen LogP contribution in [0.3, 0.4) is 0 Å². The van der Waals surface area contributed by atoms with Crippen molar-refractivity contribution in [3.63, 3.8) is 0 Å². The van der Waals surface area contributed by atoms with Crippen LogP contribution in [0.5, 0.6) is 0 Å². The first-order valence-corrected chi connectivity index (χ1v) is 7.88. The van der Waals surface area contributed by atoms with Crippen LogP contribution in [0.15, 0.2) is 23.7 Å². The first kappa shape index (κ1) is 14.2. The van der Waals surface area contributed by atoms with Crippen molar-refractivity contribution >= 4 is 28.5 Å². The van der Waals surface area contributed by atoms with Gasteiger partial charge in [-0.2, -0.15) is 10.5 Å². The topological polar surface area (TPSA) is 85.4 Å². The van der Waals surface area contributed by atoms with Gasteiger partial charge in [0.05, 0.1) is 17.5 Å². The van der Waals surface area contributed by atoms with Gasteiger partial charge in [0, 0.05) is 23.2 Å². The highest BCUT2D eigenvalue weighted by molar-refractivity contribution is 7.11. The molecule has 0 spiro atoms.